The molecule has 1 saturated heterocycles. The molecule has 1 saturated carbocycles. The first-order valence-electron chi connectivity index (χ1n) is 12.9. The standard InChI is InChI=1S/C28H30F3N7O2/c1-4-6-21(39)36-10-9-27(15-36)12-20(13-27)38-25(32)23(26(33)40)24(35-38)22-16(2)34-37(17(22)3)14-18-7-5-8-19(11-18)28(29,30)31/h5,7-8,11,20H,9-10,12-15,32H2,1-3H3,(H2,33,40)/t20-,27-. The van der Waals surface area contributed by atoms with E-state index in [1.807, 2.05) is 0 Å². The number of anilines is 1. The lowest BCUT2D eigenvalue weighted by Gasteiger charge is -2.45. The van der Waals surface area contributed by atoms with Crippen molar-refractivity contribution in [1.82, 2.24) is 24.5 Å². The minimum Gasteiger partial charge on any atom is -0.383 e. The van der Waals surface area contributed by atoms with Crippen molar-refractivity contribution in [3.05, 3.63) is 52.3 Å². The van der Waals surface area contributed by atoms with Gasteiger partial charge >= 0.3 is 6.18 Å². The summed E-state index contributed by atoms with van der Waals surface area (Å²) in [5.74, 6) is 4.50. The number of carbonyl (C=O) groups excluding carboxylic acids is 2. The number of aromatic nitrogens is 4. The van der Waals surface area contributed by atoms with Gasteiger partial charge in [-0.2, -0.15) is 23.4 Å². The van der Waals surface area contributed by atoms with Gasteiger partial charge < -0.3 is 16.4 Å². The Labute approximate surface area is 229 Å². The summed E-state index contributed by atoms with van der Waals surface area (Å²) in [5.41, 5.74) is 14.0. The summed E-state index contributed by atoms with van der Waals surface area (Å²) in [6.07, 6.45) is -2.11. The van der Waals surface area contributed by atoms with Crippen LogP contribution in [0.4, 0.5) is 19.0 Å². The van der Waals surface area contributed by atoms with Crippen LogP contribution >= 0.6 is 0 Å². The summed E-state index contributed by atoms with van der Waals surface area (Å²) < 4.78 is 42.8. The van der Waals surface area contributed by atoms with Crippen molar-refractivity contribution < 1.29 is 22.8 Å². The number of nitrogens with zero attached hydrogens (tertiary/aromatic N) is 5. The second-order valence-corrected chi connectivity index (χ2v) is 10.7. The molecule has 5 rings (SSSR count). The molecule has 9 nitrogen and oxygen atoms in total. The lowest BCUT2D eigenvalue weighted by molar-refractivity contribution is -0.137. The molecule has 4 N–H and O–H groups in total. The fraction of sp³-hybridized carbons (Fsp3) is 0.429. The number of nitrogen functional groups attached to an aromatic ring is 1. The number of halogens is 3. The minimum absolute atomic E-state index is 0.0388. The van der Waals surface area contributed by atoms with E-state index in [9.17, 15) is 22.8 Å². The molecule has 2 fully saturated rings. The Morgan fingerprint density at radius 1 is 1.20 bits per heavy atom. The Morgan fingerprint density at radius 2 is 1.93 bits per heavy atom. The third-order valence-corrected chi connectivity index (χ3v) is 8.04. The highest BCUT2D eigenvalue weighted by atomic mass is 19.4. The van der Waals surface area contributed by atoms with Crippen LogP contribution in [0.3, 0.4) is 0 Å². The number of nitrogens with two attached hydrogens (primary N) is 2. The molecule has 2 aromatic heterocycles. The number of hydrogen-bond donors (Lipinski definition) is 2. The Hall–Kier alpha value is -4.27. The van der Waals surface area contributed by atoms with E-state index in [4.69, 9.17) is 16.6 Å². The van der Waals surface area contributed by atoms with Crippen molar-refractivity contribution in [2.75, 3.05) is 18.8 Å². The van der Waals surface area contributed by atoms with Crippen molar-refractivity contribution in [2.24, 2.45) is 11.1 Å². The largest absolute Gasteiger partial charge is 0.416 e. The predicted octanol–water partition coefficient (Wildman–Crippen LogP) is 3.69. The molecule has 3 heterocycles. The first kappa shape index (κ1) is 27.3. The molecule has 1 aromatic carbocycles. The molecule has 210 valence electrons. The maximum Gasteiger partial charge on any atom is 0.416 e. The van der Waals surface area contributed by atoms with Gasteiger partial charge in [-0.15, -0.1) is 0 Å². The van der Waals surface area contributed by atoms with Crippen LogP contribution in [0.2, 0.25) is 0 Å². The highest BCUT2D eigenvalue weighted by Crippen LogP contribution is 2.55. The fourth-order valence-corrected chi connectivity index (χ4v) is 6.10. The summed E-state index contributed by atoms with van der Waals surface area (Å²) in [7, 11) is 0. The topological polar surface area (TPSA) is 125 Å². The number of carbonyl (C=O) groups is 2. The van der Waals surface area contributed by atoms with E-state index in [1.54, 1.807) is 41.1 Å². The molecule has 2 aliphatic rings. The Kier molecular flexibility index (Phi) is 6.64. The van der Waals surface area contributed by atoms with Crippen molar-refractivity contribution in [1.29, 1.82) is 0 Å². The number of likely N-dealkylation sites (tertiary alicyclic amines) is 1. The Balaban J connectivity index is 1.43. The lowest BCUT2D eigenvalue weighted by atomic mass is 9.65. The normalized spacial score (nSPS) is 20.4. The van der Waals surface area contributed by atoms with Gasteiger partial charge in [0.05, 0.1) is 23.8 Å². The van der Waals surface area contributed by atoms with Crippen LogP contribution in [0, 0.1) is 31.1 Å². The van der Waals surface area contributed by atoms with Crippen LogP contribution in [0.25, 0.3) is 11.3 Å². The summed E-state index contributed by atoms with van der Waals surface area (Å²) in [4.78, 5) is 26.5. The van der Waals surface area contributed by atoms with Gasteiger partial charge in [-0.05, 0) is 69.1 Å². The molecule has 1 aliphatic heterocycles. The fourth-order valence-electron chi connectivity index (χ4n) is 6.10. The van der Waals surface area contributed by atoms with E-state index in [1.165, 1.54) is 6.07 Å². The second kappa shape index (κ2) is 9.73. The number of aryl methyl sites for hydroxylation is 1. The highest BCUT2D eigenvalue weighted by molar-refractivity contribution is 6.03. The van der Waals surface area contributed by atoms with Gasteiger partial charge in [0, 0.05) is 24.3 Å². The van der Waals surface area contributed by atoms with Crippen LogP contribution in [0.15, 0.2) is 24.3 Å². The first-order chi connectivity index (χ1) is 18.8. The maximum atomic E-state index is 13.2. The van der Waals surface area contributed by atoms with E-state index < -0.39 is 17.6 Å². The zero-order chi connectivity index (χ0) is 29.0. The smallest absolute Gasteiger partial charge is 0.383 e. The first-order valence-corrected chi connectivity index (χ1v) is 12.9. The number of benzene rings is 1. The average molecular weight is 554 g/mol. The molecule has 40 heavy (non-hydrogen) atoms. The second-order valence-electron chi connectivity index (χ2n) is 10.7. The van der Waals surface area contributed by atoms with Gasteiger partial charge in [0.15, 0.2) is 0 Å². The Bertz CT molecular complexity index is 1570. The monoisotopic (exact) mass is 553 g/mol. The van der Waals surface area contributed by atoms with Gasteiger partial charge in [-0.25, -0.2) is 4.68 Å². The lowest BCUT2D eigenvalue weighted by Crippen LogP contribution is -2.42. The Morgan fingerprint density at radius 3 is 2.58 bits per heavy atom. The molecular formula is C28H30F3N7O2. The highest BCUT2D eigenvalue weighted by Gasteiger charge is 2.51. The zero-order valence-electron chi connectivity index (χ0n) is 22.5. The molecule has 1 spiro atoms. The molecule has 0 radical (unpaired) electrons. The van der Waals surface area contributed by atoms with Crippen LogP contribution in [-0.2, 0) is 17.5 Å². The molecule has 1 aliphatic carbocycles. The number of primary amides is 1. The number of rotatable bonds is 5. The van der Waals surface area contributed by atoms with Gasteiger partial charge in [0.1, 0.15) is 17.1 Å². The van der Waals surface area contributed by atoms with Crippen LogP contribution in [0.5, 0.6) is 0 Å². The van der Waals surface area contributed by atoms with E-state index in [2.05, 4.69) is 16.9 Å². The van der Waals surface area contributed by atoms with Crippen molar-refractivity contribution in [2.45, 2.75) is 58.8 Å². The van der Waals surface area contributed by atoms with Gasteiger partial charge in [-0.3, -0.25) is 14.3 Å². The number of amides is 2. The third-order valence-electron chi connectivity index (χ3n) is 8.04. The van der Waals surface area contributed by atoms with Gasteiger partial charge in [0.2, 0.25) is 0 Å². The van der Waals surface area contributed by atoms with E-state index in [0.29, 0.717) is 41.3 Å². The number of hydrogen-bond acceptors (Lipinski definition) is 5. The average Bonchev–Trinajstić information content (AvgIpc) is 3.52. The number of alkyl halides is 3. The van der Waals surface area contributed by atoms with Crippen LogP contribution in [0.1, 0.15) is 65.1 Å². The van der Waals surface area contributed by atoms with E-state index in [0.717, 1.165) is 31.4 Å². The summed E-state index contributed by atoms with van der Waals surface area (Å²) in [6, 6.07) is 5.01. The van der Waals surface area contributed by atoms with Crippen molar-refractivity contribution in [3.8, 4) is 23.1 Å². The minimum atomic E-state index is -4.45. The van der Waals surface area contributed by atoms with Crippen LogP contribution in [-0.4, -0.2) is 49.4 Å². The van der Waals surface area contributed by atoms with Gasteiger partial charge in [0.25, 0.3) is 11.8 Å². The third kappa shape index (κ3) is 4.69. The molecule has 3 aromatic rings. The summed E-state index contributed by atoms with van der Waals surface area (Å²) >= 11 is 0. The molecule has 0 bridgehead atoms. The SMILES string of the molecule is CC#CC(=O)N1CC[C@]2(C1)C[C@H](n1nc(-c3c(C)nn(Cc4cccc(C(F)(F)F)c4)c3C)c(C(N)=O)c1N)C2. The molecule has 0 unspecified atom stereocenters. The van der Waals surface area contributed by atoms with Crippen molar-refractivity contribution >= 4 is 17.6 Å². The summed E-state index contributed by atoms with van der Waals surface area (Å²) in [5, 5.41) is 9.27. The van der Waals surface area contributed by atoms with Crippen LogP contribution < -0.4 is 11.5 Å². The van der Waals surface area contributed by atoms with Crippen molar-refractivity contribution in [3.63, 3.8) is 0 Å². The molecule has 12 heteroatoms. The predicted molar refractivity (Wildman–Crippen MR) is 142 cm³/mol. The van der Waals surface area contributed by atoms with Gasteiger partial charge in [-0.1, -0.05) is 18.1 Å². The van der Waals surface area contributed by atoms with E-state index in [-0.39, 0.29) is 35.3 Å². The quantitative estimate of drug-likeness (QED) is 0.467. The summed E-state index contributed by atoms with van der Waals surface area (Å²) in [6.45, 7) is 6.51. The zero-order valence-corrected chi connectivity index (χ0v) is 22.5. The maximum absolute atomic E-state index is 13.2. The molecule has 0 atom stereocenters. The molecule has 2 amide bonds. The molecular weight excluding hydrogens is 523 g/mol. The van der Waals surface area contributed by atoms with E-state index >= 15 is 0 Å².